The van der Waals surface area contributed by atoms with E-state index in [0.717, 1.165) is 18.4 Å². The minimum absolute atomic E-state index is 0.0863. The number of ether oxygens (including phenoxy) is 1. The molecule has 0 unspecified atom stereocenters. The normalized spacial score (nSPS) is 22.1. The molecule has 0 aromatic heterocycles. The van der Waals surface area contributed by atoms with Gasteiger partial charge in [0.15, 0.2) is 8.32 Å². The van der Waals surface area contributed by atoms with Crippen LogP contribution in [-0.4, -0.2) is 32.8 Å². The quantitative estimate of drug-likeness (QED) is 0.0934. The summed E-state index contributed by atoms with van der Waals surface area (Å²) in [5, 5.41) is 0.0863. The second kappa shape index (κ2) is 10.9. The molecule has 2 atom stereocenters. The van der Waals surface area contributed by atoms with Crippen LogP contribution in [0.4, 0.5) is 0 Å². The topological polar surface area (TPSA) is 52.6 Å². The fraction of sp³-hybridized carbons (Fsp3) is 0.600. The van der Waals surface area contributed by atoms with Crippen molar-refractivity contribution >= 4 is 20.1 Å². The summed E-state index contributed by atoms with van der Waals surface area (Å²) in [6.45, 7) is 16.9. The van der Waals surface area contributed by atoms with Gasteiger partial charge in [-0.1, -0.05) is 56.7 Å². The van der Waals surface area contributed by atoms with E-state index in [9.17, 15) is 9.59 Å². The lowest BCUT2D eigenvalue weighted by molar-refractivity contribution is -0.136. The van der Waals surface area contributed by atoms with Crippen molar-refractivity contribution in [3.05, 3.63) is 36.0 Å². The first kappa shape index (κ1) is 26.1. The Kier molecular flexibility index (Phi) is 9.52. The minimum atomic E-state index is -1.98. The van der Waals surface area contributed by atoms with Gasteiger partial charge in [0, 0.05) is 5.92 Å². The molecule has 4 nitrogen and oxygen atoms in total. The molecule has 0 aromatic carbocycles. The fourth-order valence-electron chi connectivity index (χ4n) is 3.17. The number of ketones is 1. The number of esters is 1. The number of hydrogen-bond acceptors (Lipinski definition) is 4. The molecule has 0 saturated carbocycles. The number of rotatable bonds is 8. The molecule has 0 fully saturated rings. The van der Waals surface area contributed by atoms with Crippen LogP contribution in [0, 0.1) is 17.3 Å². The molecule has 166 valence electrons. The van der Waals surface area contributed by atoms with Gasteiger partial charge in [0.25, 0.3) is 0 Å². The highest BCUT2D eigenvalue weighted by Crippen LogP contribution is 2.46. The molecule has 0 N–H and O–H groups in total. The van der Waals surface area contributed by atoms with Crippen molar-refractivity contribution in [2.75, 3.05) is 6.61 Å². The SMILES string of the molecule is C/C=C/C=C\CCC1=C[C@H](O[Si](C)(C)C(C)(C)C)C[C@]1(C)C(=O)C#CC(=O)OCC. The molecule has 0 saturated heterocycles. The summed E-state index contributed by atoms with van der Waals surface area (Å²) >= 11 is 0. The molecule has 0 heterocycles. The van der Waals surface area contributed by atoms with Crippen LogP contribution in [-0.2, 0) is 18.8 Å². The highest BCUT2D eigenvalue weighted by molar-refractivity contribution is 6.74. The Balaban J connectivity index is 3.10. The lowest BCUT2D eigenvalue weighted by atomic mass is 9.77. The van der Waals surface area contributed by atoms with Gasteiger partial charge in [-0.2, -0.15) is 0 Å². The highest BCUT2D eigenvalue weighted by Gasteiger charge is 2.46. The van der Waals surface area contributed by atoms with E-state index in [1.54, 1.807) is 6.92 Å². The summed E-state index contributed by atoms with van der Waals surface area (Å²) in [7, 11) is -1.98. The molecule has 1 rings (SSSR count). The van der Waals surface area contributed by atoms with E-state index >= 15 is 0 Å². The summed E-state index contributed by atoms with van der Waals surface area (Å²) in [5.41, 5.74) is 0.292. The Hall–Kier alpha value is -1.90. The molecule has 0 spiro atoms. The summed E-state index contributed by atoms with van der Waals surface area (Å²) < 4.78 is 11.4. The molecule has 0 amide bonds. The van der Waals surface area contributed by atoms with Crippen molar-refractivity contribution in [2.45, 2.75) is 85.0 Å². The van der Waals surface area contributed by atoms with E-state index in [2.05, 4.69) is 57.9 Å². The number of hydrogen-bond donors (Lipinski definition) is 0. The number of allylic oxidation sites excluding steroid dienone is 5. The van der Waals surface area contributed by atoms with Gasteiger partial charge in [0.2, 0.25) is 5.78 Å². The van der Waals surface area contributed by atoms with Crippen molar-refractivity contribution in [3.63, 3.8) is 0 Å². The first-order chi connectivity index (χ1) is 13.9. The van der Waals surface area contributed by atoms with Gasteiger partial charge >= 0.3 is 5.97 Å². The van der Waals surface area contributed by atoms with Crippen molar-refractivity contribution in [1.82, 2.24) is 0 Å². The first-order valence-electron chi connectivity index (χ1n) is 10.8. The average Bonchev–Trinajstić information content (AvgIpc) is 2.94. The molecule has 0 aromatic rings. The van der Waals surface area contributed by atoms with Crippen LogP contribution >= 0.6 is 0 Å². The van der Waals surface area contributed by atoms with Gasteiger partial charge in [-0.05, 0) is 64.1 Å². The van der Waals surface area contributed by atoms with Crippen LogP contribution in [0.5, 0.6) is 0 Å². The molecular weight excluding hydrogens is 392 g/mol. The molecule has 0 bridgehead atoms. The summed E-state index contributed by atoms with van der Waals surface area (Å²) in [5.74, 6) is 3.95. The van der Waals surface area contributed by atoms with Crippen LogP contribution < -0.4 is 0 Å². The molecule has 30 heavy (non-hydrogen) atoms. The van der Waals surface area contributed by atoms with E-state index in [4.69, 9.17) is 9.16 Å². The molecular formula is C25H38O4Si. The van der Waals surface area contributed by atoms with Gasteiger partial charge in [0.1, 0.15) is 0 Å². The van der Waals surface area contributed by atoms with Gasteiger partial charge in [-0.3, -0.25) is 4.79 Å². The third-order valence-electron chi connectivity index (χ3n) is 6.03. The minimum Gasteiger partial charge on any atom is -0.456 e. The Morgan fingerprint density at radius 1 is 1.27 bits per heavy atom. The van der Waals surface area contributed by atoms with E-state index in [1.165, 1.54) is 0 Å². The van der Waals surface area contributed by atoms with Crippen LogP contribution in [0.2, 0.25) is 18.1 Å². The Labute approximate surface area is 183 Å². The molecule has 0 aliphatic heterocycles. The lowest BCUT2D eigenvalue weighted by Gasteiger charge is -2.38. The van der Waals surface area contributed by atoms with Crippen molar-refractivity contribution in [2.24, 2.45) is 5.41 Å². The van der Waals surface area contributed by atoms with Crippen molar-refractivity contribution < 1.29 is 18.8 Å². The second-order valence-corrected chi connectivity index (χ2v) is 14.2. The standard InChI is InChI=1S/C25H38O4Si/c1-9-11-12-13-14-15-20-18-21(29-30(7,8)24(3,4)5)19-25(20,6)22(26)16-17-23(27)28-10-2/h9,11-13,18,21H,10,14-15,19H2,1-8H3/b11-9+,13-12-/t21-,25-/m0/s1. The van der Waals surface area contributed by atoms with Crippen LogP contribution in [0.25, 0.3) is 0 Å². The zero-order valence-corrected chi connectivity index (χ0v) is 20.9. The van der Waals surface area contributed by atoms with Gasteiger partial charge in [0.05, 0.1) is 18.1 Å². The van der Waals surface area contributed by atoms with Crippen LogP contribution in [0.1, 0.15) is 60.8 Å². The average molecular weight is 431 g/mol. The number of carbonyl (C=O) groups excluding carboxylic acids is 2. The first-order valence-corrected chi connectivity index (χ1v) is 13.7. The molecule has 0 radical (unpaired) electrons. The summed E-state index contributed by atoms with van der Waals surface area (Å²) in [4.78, 5) is 24.6. The van der Waals surface area contributed by atoms with E-state index < -0.39 is 19.7 Å². The zero-order valence-electron chi connectivity index (χ0n) is 19.9. The second-order valence-electron chi connectivity index (χ2n) is 9.44. The third-order valence-corrected chi connectivity index (χ3v) is 10.5. The molecule has 1 aliphatic carbocycles. The fourth-order valence-corrected chi connectivity index (χ4v) is 4.43. The maximum Gasteiger partial charge on any atom is 0.384 e. The predicted molar refractivity (Wildman–Crippen MR) is 125 cm³/mol. The highest BCUT2D eigenvalue weighted by atomic mass is 28.4. The Bertz CT molecular complexity index is 771. The molecule has 1 aliphatic rings. The van der Waals surface area contributed by atoms with Crippen molar-refractivity contribution in [1.29, 1.82) is 0 Å². The van der Waals surface area contributed by atoms with Crippen molar-refractivity contribution in [3.8, 4) is 11.8 Å². The monoisotopic (exact) mass is 430 g/mol. The largest absolute Gasteiger partial charge is 0.456 e. The van der Waals surface area contributed by atoms with Gasteiger partial charge < -0.3 is 9.16 Å². The smallest absolute Gasteiger partial charge is 0.384 e. The summed E-state index contributed by atoms with van der Waals surface area (Å²) in [6, 6.07) is 0. The van der Waals surface area contributed by atoms with Gasteiger partial charge in [-0.25, -0.2) is 4.79 Å². The number of Topliss-reactive ketones (excluding diaryl/α,β-unsaturated/α-hetero) is 1. The van der Waals surface area contributed by atoms with E-state index in [1.807, 2.05) is 32.1 Å². The lowest BCUT2D eigenvalue weighted by Crippen LogP contribution is -2.43. The van der Waals surface area contributed by atoms with Gasteiger partial charge in [-0.15, -0.1) is 0 Å². The zero-order chi connectivity index (χ0) is 23.0. The Morgan fingerprint density at radius 2 is 1.93 bits per heavy atom. The van der Waals surface area contributed by atoms with Crippen LogP contribution in [0.15, 0.2) is 36.0 Å². The maximum absolute atomic E-state index is 13.0. The molecule has 5 heteroatoms. The van der Waals surface area contributed by atoms with E-state index in [0.29, 0.717) is 6.42 Å². The van der Waals surface area contributed by atoms with Crippen LogP contribution in [0.3, 0.4) is 0 Å². The summed E-state index contributed by atoms with van der Waals surface area (Å²) in [6.07, 6.45) is 12.2. The third kappa shape index (κ3) is 7.11. The Morgan fingerprint density at radius 3 is 2.50 bits per heavy atom. The number of carbonyl (C=O) groups is 2. The maximum atomic E-state index is 13.0. The van der Waals surface area contributed by atoms with E-state index in [-0.39, 0.29) is 23.5 Å². The predicted octanol–water partition coefficient (Wildman–Crippen LogP) is 5.76.